The second kappa shape index (κ2) is 11.0. The molecule has 8 nitrogen and oxygen atoms in total. The predicted octanol–water partition coefficient (Wildman–Crippen LogP) is 5.47. The number of rotatable bonds is 8. The van der Waals surface area contributed by atoms with Gasteiger partial charge in [-0.15, -0.1) is 0 Å². The summed E-state index contributed by atoms with van der Waals surface area (Å²) in [5.41, 5.74) is 2.13. The van der Waals surface area contributed by atoms with Crippen LogP contribution < -0.4 is 14.8 Å². The van der Waals surface area contributed by atoms with Crippen molar-refractivity contribution in [1.29, 1.82) is 0 Å². The van der Waals surface area contributed by atoms with Gasteiger partial charge in [0.15, 0.2) is 0 Å². The number of nitrogens with one attached hydrogen (secondary N) is 1. The fraction of sp³-hybridized carbons (Fsp3) is 0.429. The molecule has 3 aromatic rings. The molecule has 2 heterocycles. The quantitative estimate of drug-likeness (QED) is 0.451. The van der Waals surface area contributed by atoms with E-state index < -0.39 is 0 Å². The Morgan fingerprint density at radius 2 is 1.92 bits per heavy atom. The molecule has 1 atom stereocenters. The van der Waals surface area contributed by atoms with Crippen LogP contribution in [0.3, 0.4) is 0 Å². The summed E-state index contributed by atoms with van der Waals surface area (Å²) in [6, 6.07) is 17.2. The molecule has 1 N–H and O–H groups in total. The lowest BCUT2D eigenvalue weighted by Crippen LogP contribution is -2.50. The minimum Gasteiger partial charge on any atom is -0.497 e. The van der Waals surface area contributed by atoms with Gasteiger partial charge in [0, 0.05) is 24.8 Å². The van der Waals surface area contributed by atoms with E-state index in [9.17, 15) is 4.79 Å². The SMILES string of the molecule is COc1cccc(Oc2c(CN(C[C@@H]3CCCO3)C(=O)NC(C)(C)C)c(C)nn2-c2ccccc2)c1. The van der Waals surface area contributed by atoms with Gasteiger partial charge in [0.25, 0.3) is 0 Å². The van der Waals surface area contributed by atoms with E-state index in [2.05, 4.69) is 5.32 Å². The van der Waals surface area contributed by atoms with Crippen molar-refractivity contribution in [2.75, 3.05) is 20.3 Å². The summed E-state index contributed by atoms with van der Waals surface area (Å²) >= 11 is 0. The topological polar surface area (TPSA) is 77.8 Å². The van der Waals surface area contributed by atoms with Gasteiger partial charge in [-0.05, 0) is 64.8 Å². The van der Waals surface area contributed by atoms with Crippen molar-refractivity contribution in [2.45, 2.75) is 58.7 Å². The number of ether oxygens (including phenoxy) is 3. The Labute approximate surface area is 213 Å². The Hall–Kier alpha value is -3.52. The van der Waals surface area contributed by atoms with Crippen LogP contribution in [0.15, 0.2) is 54.6 Å². The number of para-hydroxylation sites is 1. The van der Waals surface area contributed by atoms with Gasteiger partial charge in [0.2, 0.25) is 5.88 Å². The number of carbonyl (C=O) groups excluding carboxylic acids is 1. The van der Waals surface area contributed by atoms with E-state index in [1.807, 2.05) is 82.3 Å². The maximum atomic E-state index is 13.4. The summed E-state index contributed by atoms with van der Waals surface area (Å²) < 4.78 is 19.5. The van der Waals surface area contributed by atoms with Crippen LogP contribution in [0.2, 0.25) is 0 Å². The zero-order chi connectivity index (χ0) is 25.7. The molecule has 0 bridgehead atoms. The largest absolute Gasteiger partial charge is 0.497 e. The van der Waals surface area contributed by atoms with Gasteiger partial charge >= 0.3 is 6.03 Å². The molecule has 1 aliphatic rings. The Morgan fingerprint density at radius 1 is 1.17 bits per heavy atom. The first-order chi connectivity index (χ1) is 17.2. The summed E-state index contributed by atoms with van der Waals surface area (Å²) in [5, 5.41) is 7.91. The summed E-state index contributed by atoms with van der Waals surface area (Å²) in [6.07, 6.45) is 1.96. The highest BCUT2D eigenvalue weighted by Crippen LogP contribution is 2.33. The van der Waals surface area contributed by atoms with E-state index >= 15 is 0 Å². The highest BCUT2D eigenvalue weighted by Gasteiger charge is 2.28. The summed E-state index contributed by atoms with van der Waals surface area (Å²) in [5.74, 6) is 1.88. The van der Waals surface area contributed by atoms with Crippen molar-refractivity contribution in [2.24, 2.45) is 0 Å². The first-order valence-corrected chi connectivity index (χ1v) is 12.4. The third kappa shape index (κ3) is 6.37. The van der Waals surface area contributed by atoms with Crippen LogP contribution >= 0.6 is 0 Å². The van der Waals surface area contributed by atoms with Crippen LogP contribution in [0.4, 0.5) is 4.79 Å². The molecule has 0 saturated carbocycles. The number of hydrogen-bond donors (Lipinski definition) is 1. The van der Waals surface area contributed by atoms with E-state index in [4.69, 9.17) is 19.3 Å². The Balaban J connectivity index is 1.73. The van der Waals surface area contributed by atoms with Crippen molar-refractivity contribution in [3.63, 3.8) is 0 Å². The Bertz CT molecular complexity index is 1160. The molecule has 4 rings (SSSR count). The molecule has 1 fully saturated rings. The minimum atomic E-state index is -0.366. The predicted molar refractivity (Wildman–Crippen MR) is 139 cm³/mol. The van der Waals surface area contributed by atoms with Crippen LogP contribution in [-0.4, -0.2) is 52.6 Å². The number of benzene rings is 2. The van der Waals surface area contributed by atoms with Gasteiger partial charge in [-0.2, -0.15) is 5.10 Å². The molecule has 2 amide bonds. The van der Waals surface area contributed by atoms with E-state index in [-0.39, 0.29) is 17.7 Å². The second-order valence-corrected chi connectivity index (χ2v) is 10.1. The molecule has 1 aromatic heterocycles. The Morgan fingerprint density at radius 3 is 2.58 bits per heavy atom. The normalized spacial score (nSPS) is 15.5. The molecule has 0 spiro atoms. The van der Waals surface area contributed by atoms with Gasteiger partial charge in [-0.25, -0.2) is 9.48 Å². The summed E-state index contributed by atoms with van der Waals surface area (Å²) in [4.78, 5) is 15.2. The average molecular weight is 493 g/mol. The Kier molecular flexibility index (Phi) is 7.84. The van der Waals surface area contributed by atoms with Gasteiger partial charge in [0.1, 0.15) is 11.5 Å². The number of carbonyl (C=O) groups is 1. The third-order valence-electron chi connectivity index (χ3n) is 5.96. The molecule has 0 aliphatic carbocycles. The van der Waals surface area contributed by atoms with Crippen LogP contribution in [0.5, 0.6) is 17.4 Å². The fourth-order valence-corrected chi connectivity index (χ4v) is 4.19. The third-order valence-corrected chi connectivity index (χ3v) is 5.96. The molecule has 36 heavy (non-hydrogen) atoms. The van der Waals surface area contributed by atoms with Crippen molar-refractivity contribution in [1.82, 2.24) is 20.0 Å². The zero-order valence-electron chi connectivity index (χ0n) is 21.8. The first kappa shape index (κ1) is 25.6. The molecular weight excluding hydrogens is 456 g/mol. The van der Waals surface area contributed by atoms with Gasteiger partial charge in [-0.1, -0.05) is 24.3 Å². The van der Waals surface area contributed by atoms with E-state index in [0.29, 0.717) is 30.5 Å². The molecular formula is C28H36N4O4. The van der Waals surface area contributed by atoms with E-state index in [1.165, 1.54) is 0 Å². The fourth-order valence-electron chi connectivity index (χ4n) is 4.19. The molecule has 1 aliphatic heterocycles. The highest BCUT2D eigenvalue weighted by molar-refractivity contribution is 5.75. The van der Waals surface area contributed by atoms with Crippen molar-refractivity contribution >= 4 is 6.03 Å². The maximum absolute atomic E-state index is 13.4. The van der Waals surface area contributed by atoms with Crippen molar-refractivity contribution in [3.05, 3.63) is 65.9 Å². The van der Waals surface area contributed by atoms with Gasteiger partial charge < -0.3 is 24.4 Å². The number of aromatic nitrogens is 2. The summed E-state index contributed by atoms with van der Waals surface area (Å²) in [7, 11) is 1.62. The van der Waals surface area contributed by atoms with Gasteiger partial charge in [0.05, 0.1) is 36.7 Å². The van der Waals surface area contributed by atoms with Crippen LogP contribution in [0, 0.1) is 6.92 Å². The number of hydrogen-bond acceptors (Lipinski definition) is 5. The van der Waals surface area contributed by atoms with E-state index in [1.54, 1.807) is 16.7 Å². The maximum Gasteiger partial charge on any atom is 0.318 e. The first-order valence-electron chi connectivity index (χ1n) is 12.4. The monoisotopic (exact) mass is 492 g/mol. The van der Waals surface area contributed by atoms with Crippen molar-refractivity contribution in [3.8, 4) is 23.1 Å². The number of urea groups is 1. The molecule has 0 unspecified atom stereocenters. The van der Waals surface area contributed by atoms with Gasteiger partial charge in [-0.3, -0.25) is 0 Å². The van der Waals surface area contributed by atoms with Crippen molar-refractivity contribution < 1.29 is 19.0 Å². The van der Waals surface area contributed by atoms with Crippen LogP contribution in [0.25, 0.3) is 5.69 Å². The number of aryl methyl sites for hydroxylation is 1. The smallest absolute Gasteiger partial charge is 0.318 e. The second-order valence-electron chi connectivity index (χ2n) is 10.1. The molecule has 0 radical (unpaired) electrons. The summed E-state index contributed by atoms with van der Waals surface area (Å²) in [6.45, 7) is 9.44. The van der Waals surface area contributed by atoms with Crippen LogP contribution in [0.1, 0.15) is 44.9 Å². The lowest BCUT2D eigenvalue weighted by Gasteiger charge is -2.30. The zero-order valence-corrected chi connectivity index (χ0v) is 21.8. The minimum absolute atomic E-state index is 0.0166. The van der Waals surface area contributed by atoms with Crippen LogP contribution in [-0.2, 0) is 11.3 Å². The number of nitrogens with zero attached hydrogens (tertiary/aromatic N) is 3. The number of amides is 2. The molecule has 2 aromatic carbocycles. The molecule has 192 valence electrons. The number of methoxy groups -OCH3 is 1. The molecule has 1 saturated heterocycles. The average Bonchev–Trinajstić information content (AvgIpc) is 3.47. The molecule has 8 heteroatoms. The lowest BCUT2D eigenvalue weighted by atomic mass is 10.1. The standard InChI is InChI=1S/C28H36N4O4/c1-20-25(19-31(18-24-15-10-16-35-24)27(33)29-28(2,3)4)26(32(30-20)21-11-7-6-8-12-21)36-23-14-9-13-22(17-23)34-5/h6-9,11-14,17,24H,10,15-16,18-19H2,1-5H3,(H,29,33)/t24-/m0/s1. The highest BCUT2D eigenvalue weighted by atomic mass is 16.5. The lowest BCUT2D eigenvalue weighted by molar-refractivity contribution is 0.0779. The van der Waals surface area contributed by atoms with E-state index in [0.717, 1.165) is 36.4 Å².